The van der Waals surface area contributed by atoms with Gasteiger partial charge in [0, 0.05) is 48.9 Å². The van der Waals surface area contributed by atoms with Crippen LogP contribution in [0.3, 0.4) is 0 Å². The lowest BCUT2D eigenvalue weighted by molar-refractivity contribution is -0.125. The summed E-state index contributed by atoms with van der Waals surface area (Å²) < 4.78 is 1.84. The van der Waals surface area contributed by atoms with Crippen molar-refractivity contribution in [2.24, 2.45) is 0 Å². The van der Waals surface area contributed by atoms with Gasteiger partial charge in [-0.25, -0.2) is 4.68 Å². The molecule has 1 amide bonds. The van der Waals surface area contributed by atoms with Gasteiger partial charge in [-0.2, -0.15) is 5.10 Å². The number of para-hydroxylation sites is 1. The Bertz CT molecular complexity index is 1290. The van der Waals surface area contributed by atoms with Gasteiger partial charge in [0.15, 0.2) is 0 Å². The van der Waals surface area contributed by atoms with E-state index in [0.717, 1.165) is 28.9 Å². The number of hydrogen-bond donors (Lipinski definition) is 0. The van der Waals surface area contributed by atoms with E-state index in [1.807, 2.05) is 82.5 Å². The normalized spacial score (nSPS) is 13.8. The van der Waals surface area contributed by atoms with Gasteiger partial charge in [-0.05, 0) is 47.9 Å². The van der Waals surface area contributed by atoms with Gasteiger partial charge in [0.2, 0.25) is 5.91 Å². The van der Waals surface area contributed by atoms with Gasteiger partial charge < -0.3 is 4.90 Å². The Labute approximate surface area is 193 Å². The molecule has 1 aliphatic heterocycles. The van der Waals surface area contributed by atoms with Gasteiger partial charge in [0.05, 0.1) is 5.69 Å². The molecule has 2 aromatic carbocycles. The minimum atomic E-state index is 0.00274. The van der Waals surface area contributed by atoms with E-state index in [1.165, 1.54) is 11.1 Å². The molecule has 162 valence electrons. The number of hydrogen-bond acceptors (Lipinski definition) is 3. The molecular weight excluding hydrogens is 408 g/mol. The van der Waals surface area contributed by atoms with E-state index in [4.69, 9.17) is 5.10 Å². The second-order valence-electron chi connectivity index (χ2n) is 7.92. The molecule has 0 atom stereocenters. The average molecular weight is 433 g/mol. The van der Waals surface area contributed by atoms with E-state index in [1.54, 1.807) is 18.5 Å². The molecule has 0 bridgehead atoms. The maximum atomic E-state index is 12.9. The molecule has 4 aromatic rings. The second-order valence-corrected chi connectivity index (χ2v) is 7.92. The largest absolute Gasteiger partial charge is 0.335 e. The first-order valence-corrected chi connectivity index (χ1v) is 11.0. The van der Waals surface area contributed by atoms with Crippen molar-refractivity contribution in [2.75, 3.05) is 13.1 Å². The highest BCUT2D eigenvalue weighted by atomic mass is 16.2. The maximum absolute atomic E-state index is 12.9. The summed E-state index contributed by atoms with van der Waals surface area (Å²) in [6, 6.07) is 24.2. The van der Waals surface area contributed by atoms with Crippen LogP contribution in [-0.2, 0) is 4.79 Å². The zero-order valence-corrected chi connectivity index (χ0v) is 18.2. The summed E-state index contributed by atoms with van der Waals surface area (Å²) in [5.74, 6) is 0.00274. The molecule has 0 spiro atoms. The summed E-state index contributed by atoms with van der Waals surface area (Å²) in [6.45, 7) is 1.33. The van der Waals surface area contributed by atoms with E-state index in [9.17, 15) is 4.79 Å². The second kappa shape index (κ2) is 9.49. The number of benzene rings is 2. The van der Waals surface area contributed by atoms with E-state index < -0.39 is 0 Å². The summed E-state index contributed by atoms with van der Waals surface area (Å²) >= 11 is 0. The van der Waals surface area contributed by atoms with E-state index in [2.05, 4.69) is 23.2 Å². The molecule has 5 nitrogen and oxygen atoms in total. The fourth-order valence-electron chi connectivity index (χ4n) is 4.00. The van der Waals surface area contributed by atoms with Gasteiger partial charge in [0.25, 0.3) is 0 Å². The maximum Gasteiger partial charge on any atom is 0.246 e. The monoisotopic (exact) mass is 432 g/mol. The third-order valence-corrected chi connectivity index (χ3v) is 5.77. The molecule has 33 heavy (non-hydrogen) atoms. The highest BCUT2D eigenvalue weighted by Crippen LogP contribution is 2.25. The third kappa shape index (κ3) is 4.67. The Balaban J connectivity index is 1.37. The zero-order chi connectivity index (χ0) is 22.5. The van der Waals surface area contributed by atoms with Gasteiger partial charge in [-0.1, -0.05) is 54.6 Å². The van der Waals surface area contributed by atoms with Gasteiger partial charge >= 0.3 is 0 Å². The lowest BCUT2D eigenvalue weighted by Gasteiger charge is -2.25. The van der Waals surface area contributed by atoms with Crippen molar-refractivity contribution in [3.8, 4) is 16.9 Å². The van der Waals surface area contributed by atoms with Crippen LogP contribution in [0.4, 0.5) is 0 Å². The molecule has 0 radical (unpaired) electrons. The van der Waals surface area contributed by atoms with Crippen molar-refractivity contribution in [3.63, 3.8) is 0 Å². The number of nitrogens with zero attached hydrogens (tertiary/aromatic N) is 4. The Hall–Kier alpha value is -4.25. The molecule has 0 saturated carbocycles. The van der Waals surface area contributed by atoms with Gasteiger partial charge in [-0.3, -0.25) is 9.78 Å². The fraction of sp³-hybridized carbons (Fsp3) is 0.107. The first kappa shape index (κ1) is 20.6. The molecule has 2 aromatic heterocycles. The summed E-state index contributed by atoms with van der Waals surface area (Å²) in [6.07, 6.45) is 12.0. The Morgan fingerprint density at radius 3 is 2.36 bits per heavy atom. The van der Waals surface area contributed by atoms with Gasteiger partial charge in [0.1, 0.15) is 5.69 Å². The van der Waals surface area contributed by atoms with Crippen LogP contribution >= 0.6 is 0 Å². The predicted octanol–water partition coefficient (Wildman–Crippen LogP) is 5.26. The molecule has 0 saturated heterocycles. The molecule has 1 aliphatic rings. The summed E-state index contributed by atoms with van der Waals surface area (Å²) in [4.78, 5) is 19.0. The Morgan fingerprint density at radius 1 is 0.909 bits per heavy atom. The quantitative estimate of drug-likeness (QED) is 0.404. The molecule has 3 heterocycles. The summed E-state index contributed by atoms with van der Waals surface area (Å²) in [5.41, 5.74) is 6.07. The van der Waals surface area contributed by atoms with Crippen molar-refractivity contribution in [1.29, 1.82) is 0 Å². The van der Waals surface area contributed by atoms with Crippen LogP contribution in [0.5, 0.6) is 0 Å². The van der Waals surface area contributed by atoms with Crippen LogP contribution < -0.4 is 0 Å². The van der Waals surface area contributed by atoms with Crippen LogP contribution in [0.15, 0.2) is 104 Å². The minimum Gasteiger partial charge on any atom is -0.335 e. The first-order chi connectivity index (χ1) is 16.3. The molecule has 5 heteroatoms. The highest BCUT2D eigenvalue weighted by Gasteiger charge is 2.17. The molecule has 0 aliphatic carbocycles. The van der Waals surface area contributed by atoms with Crippen molar-refractivity contribution in [2.45, 2.75) is 6.42 Å². The zero-order valence-electron chi connectivity index (χ0n) is 18.2. The molecule has 0 N–H and O–H groups in total. The number of pyridine rings is 1. The van der Waals surface area contributed by atoms with Crippen molar-refractivity contribution >= 4 is 17.6 Å². The number of rotatable bonds is 5. The van der Waals surface area contributed by atoms with Crippen LogP contribution in [0, 0.1) is 0 Å². The fourth-order valence-corrected chi connectivity index (χ4v) is 4.00. The van der Waals surface area contributed by atoms with Crippen LogP contribution in [-0.4, -0.2) is 38.7 Å². The minimum absolute atomic E-state index is 0.00274. The number of amides is 1. The average Bonchev–Trinajstić information content (AvgIpc) is 3.33. The topological polar surface area (TPSA) is 51.0 Å². The van der Waals surface area contributed by atoms with Crippen molar-refractivity contribution in [3.05, 3.63) is 115 Å². The highest BCUT2D eigenvalue weighted by molar-refractivity contribution is 5.93. The molecule has 0 fully saturated rings. The molecule has 5 rings (SSSR count). The third-order valence-electron chi connectivity index (χ3n) is 5.77. The number of aromatic nitrogens is 3. The van der Waals surface area contributed by atoms with E-state index in [0.29, 0.717) is 13.1 Å². The smallest absolute Gasteiger partial charge is 0.246 e. The van der Waals surface area contributed by atoms with Crippen molar-refractivity contribution < 1.29 is 4.79 Å². The number of carbonyl (C=O) groups is 1. The Kier molecular flexibility index (Phi) is 5.93. The first-order valence-electron chi connectivity index (χ1n) is 11.0. The lowest BCUT2D eigenvalue weighted by Crippen LogP contribution is -2.33. The van der Waals surface area contributed by atoms with E-state index in [-0.39, 0.29) is 5.91 Å². The number of carbonyl (C=O) groups excluding carboxylic acids is 1. The van der Waals surface area contributed by atoms with Gasteiger partial charge in [-0.15, -0.1) is 0 Å². The standard InChI is InChI=1S/C28H24N4O/c33-27(31-18-15-23(16-19-31)22-8-3-1-4-9-22)14-13-25-21-32(26-11-5-2-6-12-26)30-28(25)24-10-7-17-29-20-24/h1-15,17,20-21H,16,18-19H2/b14-13+. The Morgan fingerprint density at radius 2 is 1.67 bits per heavy atom. The summed E-state index contributed by atoms with van der Waals surface area (Å²) in [7, 11) is 0. The van der Waals surface area contributed by atoms with Crippen LogP contribution in [0.2, 0.25) is 0 Å². The summed E-state index contributed by atoms with van der Waals surface area (Å²) in [5, 5.41) is 4.78. The van der Waals surface area contributed by atoms with Crippen LogP contribution in [0.1, 0.15) is 17.5 Å². The van der Waals surface area contributed by atoms with E-state index >= 15 is 0 Å². The van der Waals surface area contributed by atoms with Crippen molar-refractivity contribution in [1.82, 2.24) is 19.7 Å². The van der Waals surface area contributed by atoms with Crippen LogP contribution in [0.25, 0.3) is 28.6 Å². The molecular formula is C28H24N4O. The predicted molar refractivity (Wildman–Crippen MR) is 131 cm³/mol. The SMILES string of the molecule is O=C(/C=C/c1cn(-c2ccccc2)nc1-c1cccnc1)N1CC=C(c2ccccc2)CC1. The lowest BCUT2D eigenvalue weighted by atomic mass is 9.99. The molecule has 0 unspecified atom stereocenters.